The topological polar surface area (TPSA) is 61.8 Å². The molecule has 0 spiro atoms. The van der Waals surface area contributed by atoms with Crippen LogP contribution in [-0.4, -0.2) is 37.9 Å². The van der Waals surface area contributed by atoms with Gasteiger partial charge in [-0.3, -0.25) is 9.59 Å². The van der Waals surface area contributed by atoms with Crippen molar-refractivity contribution in [2.24, 2.45) is 0 Å². The molecule has 60 heavy (non-hydrogen) atoms. The predicted octanol–water partition coefficient (Wildman–Crippen LogP) is 15.8. The lowest BCUT2D eigenvalue weighted by Crippen LogP contribution is -2.30. The van der Waals surface area contributed by atoms with E-state index in [1.165, 1.54) is 0 Å². The molecular formula is C55H84O5. The summed E-state index contributed by atoms with van der Waals surface area (Å²) in [6, 6.07) is 0. The van der Waals surface area contributed by atoms with E-state index in [4.69, 9.17) is 14.2 Å². The standard InChI is InChI=1S/C55H84O5/c1-4-7-10-13-16-19-22-25-27-29-32-35-38-41-44-47-50-58-51-53(60-55(57)49-46-43-40-37-34-30-24-21-18-15-12-9-6-3)52-59-54(56)48-45-42-39-36-33-31-28-26-23-20-17-14-11-8-5-2/h7-12,16-21,25-28,30,32-36,42,45,53H,4-6,13-15,22-24,29,31,37-41,43-44,46-52H2,1-3H3/b10-7-,11-8-,12-9-,19-16-,20-17-,21-18-,27-25-,28-26-,34-30-,35-32-,36-33-,45-42-. The molecule has 0 bridgehead atoms. The van der Waals surface area contributed by atoms with Crippen LogP contribution >= 0.6 is 0 Å². The molecule has 0 amide bonds. The van der Waals surface area contributed by atoms with Crippen molar-refractivity contribution in [1.82, 2.24) is 0 Å². The van der Waals surface area contributed by atoms with Crippen molar-refractivity contribution in [2.45, 2.75) is 168 Å². The Kier molecular flexibility index (Phi) is 45.7. The quantitative estimate of drug-likeness (QED) is 0.0350. The van der Waals surface area contributed by atoms with Gasteiger partial charge in [0.2, 0.25) is 0 Å². The molecule has 0 N–H and O–H groups in total. The first-order valence-electron chi connectivity index (χ1n) is 23.4. The van der Waals surface area contributed by atoms with Gasteiger partial charge in [0, 0.05) is 13.0 Å². The summed E-state index contributed by atoms with van der Waals surface area (Å²) >= 11 is 0. The minimum absolute atomic E-state index is 0.00472. The van der Waals surface area contributed by atoms with Gasteiger partial charge < -0.3 is 14.2 Å². The molecule has 0 aliphatic rings. The number of hydrogen-bond donors (Lipinski definition) is 0. The third kappa shape index (κ3) is 46.5. The highest BCUT2D eigenvalue weighted by atomic mass is 16.6. The molecule has 0 aromatic heterocycles. The van der Waals surface area contributed by atoms with E-state index in [2.05, 4.69) is 154 Å². The fourth-order valence-electron chi connectivity index (χ4n) is 5.53. The highest BCUT2D eigenvalue weighted by Crippen LogP contribution is 2.09. The van der Waals surface area contributed by atoms with Gasteiger partial charge in [0.25, 0.3) is 0 Å². The molecule has 334 valence electrons. The molecule has 0 radical (unpaired) electrons. The average molecular weight is 825 g/mol. The number of rotatable bonds is 40. The first kappa shape index (κ1) is 55.8. The molecule has 0 rings (SSSR count). The Morgan fingerprint density at radius 1 is 0.383 bits per heavy atom. The van der Waals surface area contributed by atoms with Crippen LogP contribution in [-0.2, 0) is 23.8 Å². The SMILES string of the molecule is CC/C=C\C/C=C\C/C=C\C/C=C\C/C=C\CC(=O)OCC(COCCCCC/C=C\C/C=C\C/C=C\C/C=C\CC)OC(=O)CCCCC/C=C\C/C=C\C/C=C\CC. The second kappa shape index (κ2) is 49.1. The van der Waals surface area contributed by atoms with Crippen LogP contribution in [0.15, 0.2) is 146 Å². The zero-order valence-electron chi connectivity index (χ0n) is 38.2. The van der Waals surface area contributed by atoms with Gasteiger partial charge >= 0.3 is 11.9 Å². The minimum Gasteiger partial charge on any atom is -0.461 e. The largest absolute Gasteiger partial charge is 0.461 e. The van der Waals surface area contributed by atoms with E-state index >= 15 is 0 Å². The van der Waals surface area contributed by atoms with Gasteiger partial charge in [-0.05, 0) is 116 Å². The molecular weight excluding hydrogens is 741 g/mol. The Hall–Kier alpha value is -4.22. The molecule has 0 aromatic carbocycles. The fourth-order valence-corrected chi connectivity index (χ4v) is 5.53. The predicted molar refractivity (Wildman–Crippen MR) is 260 cm³/mol. The average Bonchev–Trinajstić information content (AvgIpc) is 3.25. The van der Waals surface area contributed by atoms with Gasteiger partial charge in [-0.15, -0.1) is 0 Å². The van der Waals surface area contributed by atoms with Crippen LogP contribution in [0.1, 0.15) is 162 Å². The number of hydrogen-bond acceptors (Lipinski definition) is 5. The van der Waals surface area contributed by atoms with Crippen LogP contribution in [0.25, 0.3) is 0 Å². The van der Waals surface area contributed by atoms with Crippen LogP contribution in [0.4, 0.5) is 0 Å². The Balaban J connectivity index is 4.54. The number of esters is 2. The Morgan fingerprint density at radius 2 is 0.750 bits per heavy atom. The van der Waals surface area contributed by atoms with E-state index in [1.54, 1.807) is 0 Å². The summed E-state index contributed by atoms with van der Waals surface area (Å²) in [6.07, 6.45) is 71.6. The molecule has 1 atom stereocenters. The molecule has 0 aliphatic carbocycles. The van der Waals surface area contributed by atoms with E-state index in [1.807, 2.05) is 12.2 Å². The normalized spacial score (nSPS) is 13.6. The summed E-state index contributed by atoms with van der Waals surface area (Å²) in [4.78, 5) is 25.2. The summed E-state index contributed by atoms with van der Waals surface area (Å²) in [7, 11) is 0. The van der Waals surface area contributed by atoms with Gasteiger partial charge in [0.05, 0.1) is 13.0 Å². The van der Waals surface area contributed by atoms with Crippen LogP contribution < -0.4 is 0 Å². The smallest absolute Gasteiger partial charge is 0.309 e. The Bertz CT molecular complexity index is 1350. The second-order valence-corrected chi connectivity index (χ2v) is 14.5. The molecule has 0 aromatic rings. The Labute approximate surface area is 368 Å². The van der Waals surface area contributed by atoms with Crippen molar-refractivity contribution in [3.8, 4) is 0 Å². The fraction of sp³-hybridized carbons (Fsp3) is 0.527. The molecule has 0 heterocycles. The van der Waals surface area contributed by atoms with E-state index in [-0.39, 0.29) is 31.6 Å². The van der Waals surface area contributed by atoms with E-state index in [0.29, 0.717) is 13.0 Å². The molecule has 5 heteroatoms. The maximum Gasteiger partial charge on any atom is 0.309 e. The van der Waals surface area contributed by atoms with Gasteiger partial charge in [-0.2, -0.15) is 0 Å². The van der Waals surface area contributed by atoms with Crippen LogP contribution in [0.3, 0.4) is 0 Å². The maximum absolute atomic E-state index is 12.7. The lowest BCUT2D eigenvalue weighted by molar-refractivity contribution is -0.162. The number of carbonyl (C=O) groups excluding carboxylic acids is 2. The van der Waals surface area contributed by atoms with Crippen LogP contribution in [0.5, 0.6) is 0 Å². The van der Waals surface area contributed by atoms with Crippen molar-refractivity contribution in [1.29, 1.82) is 0 Å². The van der Waals surface area contributed by atoms with Crippen molar-refractivity contribution in [3.05, 3.63) is 146 Å². The van der Waals surface area contributed by atoms with Crippen molar-refractivity contribution in [2.75, 3.05) is 19.8 Å². The van der Waals surface area contributed by atoms with Gasteiger partial charge in [-0.1, -0.05) is 179 Å². The summed E-state index contributed by atoms with van der Waals surface area (Å²) < 4.78 is 17.2. The number of unbranched alkanes of at least 4 members (excludes halogenated alkanes) is 6. The number of carbonyl (C=O) groups is 2. The Morgan fingerprint density at radius 3 is 1.17 bits per heavy atom. The second-order valence-electron chi connectivity index (χ2n) is 14.5. The van der Waals surface area contributed by atoms with E-state index < -0.39 is 6.10 Å². The van der Waals surface area contributed by atoms with Crippen LogP contribution in [0, 0.1) is 0 Å². The first-order valence-corrected chi connectivity index (χ1v) is 23.4. The van der Waals surface area contributed by atoms with Crippen LogP contribution in [0.2, 0.25) is 0 Å². The van der Waals surface area contributed by atoms with Gasteiger partial charge in [0.15, 0.2) is 6.10 Å². The summed E-state index contributed by atoms with van der Waals surface area (Å²) in [5.41, 5.74) is 0. The lowest BCUT2D eigenvalue weighted by Gasteiger charge is -2.18. The monoisotopic (exact) mass is 825 g/mol. The lowest BCUT2D eigenvalue weighted by atomic mass is 10.1. The highest BCUT2D eigenvalue weighted by Gasteiger charge is 2.17. The van der Waals surface area contributed by atoms with Crippen molar-refractivity contribution < 1.29 is 23.8 Å². The molecule has 0 fully saturated rings. The number of allylic oxidation sites excluding steroid dienone is 23. The van der Waals surface area contributed by atoms with E-state index in [9.17, 15) is 9.59 Å². The molecule has 5 nitrogen and oxygen atoms in total. The highest BCUT2D eigenvalue weighted by molar-refractivity contribution is 5.71. The maximum atomic E-state index is 12.7. The third-order valence-corrected chi connectivity index (χ3v) is 8.88. The zero-order chi connectivity index (χ0) is 43.5. The summed E-state index contributed by atoms with van der Waals surface area (Å²) in [5, 5.41) is 0. The molecule has 0 saturated carbocycles. The summed E-state index contributed by atoms with van der Waals surface area (Å²) in [5.74, 6) is -0.613. The minimum atomic E-state index is -0.618. The molecule has 0 aliphatic heterocycles. The third-order valence-electron chi connectivity index (χ3n) is 8.88. The van der Waals surface area contributed by atoms with Gasteiger partial charge in [0.1, 0.15) is 6.61 Å². The molecule has 1 unspecified atom stereocenters. The van der Waals surface area contributed by atoms with Crippen molar-refractivity contribution in [3.63, 3.8) is 0 Å². The molecule has 0 saturated heterocycles. The zero-order valence-corrected chi connectivity index (χ0v) is 38.2. The van der Waals surface area contributed by atoms with Crippen molar-refractivity contribution >= 4 is 11.9 Å². The summed E-state index contributed by atoms with van der Waals surface area (Å²) in [6.45, 7) is 7.23. The number of ether oxygens (including phenoxy) is 3. The first-order chi connectivity index (χ1) is 29.6. The van der Waals surface area contributed by atoms with Gasteiger partial charge in [-0.25, -0.2) is 0 Å². The van der Waals surface area contributed by atoms with E-state index in [0.717, 1.165) is 128 Å².